The van der Waals surface area contributed by atoms with Crippen molar-refractivity contribution in [2.24, 2.45) is 0 Å². The molecule has 0 atom stereocenters. The van der Waals surface area contributed by atoms with Crippen LogP contribution in [0.1, 0.15) is 38.8 Å². The zero-order valence-corrected chi connectivity index (χ0v) is 17.7. The maximum Gasteiger partial charge on any atom is 0.269 e. The Morgan fingerprint density at radius 1 is 0.821 bits per heavy atom. The molecule has 154 valence electrons. The molecule has 0 spiro atoms. The lowest BCUT2D eigenvalue weighted by molar-refractivity contribution is -0.384. The lowest BCUT2D eigenvalue weighted by Crippen LogP contribution is -2.23. The van der Waals surface area contributed by atoms with Gasteiger partial charge in [0.05, 0.1) is 18.1 Å². The van der Waals surface area contributed by atoms with Crippen LogP contribution in [0.3, 0.4) is 0 Å². The number of methoxy groups -OCH3 is 2. The fourth-order valence-electron chi connectivity index (χ4n) is 2.86. The Kier molecular flexibility index (Phi) is 8.60. The number of nitro benzene ring substituents is 1. The van der Waals surface area contributed by atoms with Gasteiger partial charge in [0.15, 0.2) is 0 Å². The number of hydrogen-bond acceptors (Lipinski definition) is 5. The minimum Gasteiger partial charge on any atom is -0.399 e. The molecule has 2 N–H and O–H groups in total. The van der Waals surface area contributed by atoms with Crippen molar-refractivity contribution in [1.82, 2.24) is 0 Å². The van der Waals surface area contributed by atoms with Gasteiger partial charge in [-0.15, -0.1) is 0 Å². The van der Waals surface area contributed by atoms with Crippen molar-refractivity contribution in [2.75, 3.05) is 33.2 Å². The monoisotopic (exact) mass is 388 g/mol. The SMILES string of the molecule is COCC(C)(C)c1ccc(N)cc1.COCC(C)(C)c1ccc([N+](=O)[O-])cc1. The van der Waals surface area contributed by atoms with Crippen LogP contribution in [0.4, 0.5) is 11.4 Å². The molecular formula is C22H32N2O4. The standard InChI is InChI=1S/C11H15NO3.C11H17NO/c1-11(2,8-15-3)9-4-6-10(7-5-9)12(13)14;1-11(2,8-13-3)9-4-6-10(12)7-5-9/h4-7H,8H2,1-3H3;4-7H,8,12H2,1-3H3. The molecule has 0 aliphatic rings. The van der Waals surface area contributed by atoms with E-state index in [1.165, 1.54) is 17.7 Å². The van der Waals surface area contributed by atoms with Crippen LogP contribution in [-0.4, -0.2) is 32.4 Å². The molecular weight excluding hydrogens is 356 g/mol. The highest BCUT2D eigenvalue weighted by atomic mass is 16.6. The van der Waals surface area contributed by atoms with Crippen LogP contribution in [0.2, 0.25) is 0 Å². The number of anilines is 1. The molecule has 0 radical (unpaired) electrons. The van der Waals surface area contributed by atoms with Crippen molar-refractivity contribution in [3.8, 4) is 0 Å². The molecule has 2 aromatic rings. The molecule has 0 aliphatic heterocycles. The molecule has 0 saturated heterocycles. The molecule has 0 saturated carbocycles. The summed E-state index contributed by atoms with van der Waals surface area (Å²) in [5.74, 6) is 0. The van der Waals surface area contributed by atoms with Gasteiger partial charge in [-0.05, 0) is 23.3 Å². The number of nitrogens with zero attached hydrogens (tertiary/aromatic N) is 1. The molecule has 0 aromatic heterocycles. The molecule has 0 heterocycles. The first-order valence-electron chi connectivity index (χ1n) is 9.12. The van der Waals surface area contributed by atoms with Crippen molar-refractivity contribution in [3.63, 3.8) is 0 Å². The quantitative estimate of drug-likeness (QED) is 0.421. The summed E-state index contributed by atoms with van der Waals surface area (Å²) < 4.78 is 10.3. The van der Waals surface area contributed by atoms with Crippen LogP contribution in [0.15, 0.2) is 48.5 Å². The van der Waals surface area contributed by atoms with Crippen LogP contribution < -0.4 is 5.73 Å². The highest BCUT2D eigenvalue weighted by Gasteiger charge is 2.21. The van der Waals surface area contributed by atoms with Gasteiger partial charge in [0.1, 0.15) is 0 Å². The van der Waals surface area contributed by atoms with Gasteiger partial charge in [0.2, 0.25) is 0 Å². The fourth-order valence-corrected chi connectivity index (χ4v) is 2.86. The Hall–Kier alpha value is -2.44. The molecule has 0 amide bonds. The Balaban J connectivity index is 0.000000283. The third kappa shape index (κ3) is 6.94. The van der Waals surface area contributed by atoms with Gasteiger partial charge in [-0.2, -0.15) is 0 Å². The smallest absolute Gasteiger partial charge is 0.269 e. The molecule has 0 fully saturated rings. The molecule has 28 heavy (non-hydrogen) atoms. The first-order valence-corrected chi connectivity index (χ1v) is 9.12. The van der Waals surface area contributed by atoms with Crippen LogP contribution in [0.25, 0.3) is 0 Å². The number of rotatable bonds is 7. The summed E-state index contributed by atoms with van der Waals surface area (Å²) in [4.78, 5) is 10.1. The van der Waals surface area contributed by atoms with Gasteiger partial charge >= 0.3 is 0 Å². The van der Waals surface area contributed by atoms with Crippen molar-refractivity contribution in [2.45, 2.75) is 38.5 Å². The van der Waals surface area contributed by atoms with E-state index in [1.54, 1.807) is 26.4 Å². The van der Waals surface area contributed by atoms with E-state index in [0.717, 1.165) is 17.9 Å². The normalized spacial score (nSPS) is 11.5. The zero-order chi connectivity index (χ0) is 21.4. The van der Waals surface area contributed by atoms with Crippen LogP contribution >= 0.6 is 0 Å². The number of non-ortho nitro benzene ring substituents is 1. The van der Waals surface area contributed by atoms with E-state index < -0.39 is 4.92 Å². The number of ether oxygens (including phenoxy) is 2. The molecule has 2 aromatic carbocycles. The van der Waals surface area contributed by atoms with Crippen LogP contribution in [0.5, 0.6) is 0 Å². The van der Waals surface area contributed by atoms with Crippen molar-refractivity contribution in [3.05, 3.63) is 69.8 Å². The lowest BCUT2D eigenvalue weighted by atomic mass is 9.85. The minimum absolute atomic E-state index is 0.0580. The second-order valence-electron chi connectivity index (χ2n) is 8.06. The minimum atomic E-state index is -0.396. The van der Waals surface area contributed by atoms with Gasteiger partial charge in [-0.25, -0.2) is 0 Å². The van der Waals surface area contributed by atoms with Gasteiger partial charge in [0, 0.05) is 42.9 Å². The Morgan fingerprint density at radius 2 is 1.18 bits per heavy atom. The average Bonchev–Trinajstić information content (AvgIpc) is 2.62. The van der Waals surface area contributed by atoms with E-state index in [9.17, 15) is 10.1 Å². The Bertz CT molecular complexity index is 738. The number of hydrogen-bond donors (Lipinski definition) is 1. The summed E-state index contributed by atoms with van der Waals surface area (Å²) >= 11 is 0. The van der Waals surface area contributed by atoms with E-state index >= 15 is 0 Å². The number of nitro groups is 1. The predicted molar refractivity (Wildman–Crippen MR) is 114 cm³/mol. The van der Waals surface area contributed by atoms with Gasteiger partial charge < -0.3 is 15.2 Å². The van der Waals surface area contributed by atoms with Crippen LogP contribution in [-0.2, 0) is 20.3 Å². The molecule has 0 aliphatic carbocycles. The number of nitrogen functional groups attached to an aromatic ring is 1. The van der Waals surface area contributed by atoms with Gasteiger partial charge in [-0.1, -0.05) is 52.0 Å². The van der Waals surface area contributed by atoms with E-state index in [-0.39, 0.29) is 16.5 Å². The largest absolute Gasteiger partial charge is 0.399 e. The van der Waals surface area contributed by atoms with Crippen molar-refractivity contribution in [1.29, 1.82) is 0 Å². The Labute approximate surface area is 167 Å². The summed E-state index contributed by atoms with van der Waals surface area (Å²) in [6.07, 6.45) is 0. The summed E-state index contributed by atoms with van der Waals surface area (Å²) in [5.41, 5.74) is 8.76. The maximum absolute atomic E-state index is 10.5. The first-order chi connectivity index (χ1) is 13.0. The van der Waals surface area contributed by atoms with E-state index in [4.69, 9.17) is 15.2 Å². The van der Waals surface area contributed by atoms with E-state index in [0.29, 0.717) is 6.61 Å². The van der Waals surface area contributed by atoms with E-state index in [2.05, 4.69) is 13.8 Å². The van der Waals surface area contributed by atoms with Crippen LogP contribution in [0, 0.1) is 10.1 Å². The highest BCUT2D eigenvalue weighted by molar-refractivity contribution is 5.41. The summed E-state index contributed by atoms with van der Waals surface area (Å²) in [7, 11) is 3.37. The Morgan fingerprint density at radius 3 is 1.50 bits per heavy atom. The summed E-state index contributed by atoms with van der Waals surface area (Å²) in [5, 5.41) is 10.5. The zero-order valence-electron chi connectivity index (χ0n) is 17.7. The molecule has 6 nitrogen and oxygen atoms in total. The first kappa shape index (κ1) is 23.6. The van der Waals surface area contributed by atoms with Crippen molar-refractivity contribution < 1.29 is 14.4 Å². The number of benzene rings is 2. The summed E-state index contributed by atoms with van der Waals surface area (Å²) in [6.45, 7) is 9.70. The molecule has 6 heteroatoms. The van der Waals surface area contributed by atoms with Gasteiger partial charge in [0.25, 0.3) is 5.69 Å². The van der Waals surface area contributed by atoms with Crippen molar-refractivity contribution >= 4 is 11.4 Å². The number of nitrogens with two attached hydrogens (primary N) is 1. The molecule has 0 unspecified atom stereocenters. The topological polar surface area (TPSA) is 87.6 Å². The fraction of sp³-hybridized carbons (Fsp3) is 0.455. The third-order valence-corrected chi connectivity index (χ3v) is 4.56. The lowest BCUT2D eigenvalue weighted by Gasteiger charge is -2.24. The molecule has 2 rings (SSSR count). The average molecular weight is 389 g/mol. The summed E-state index contributed by atoms with van der Waals surface area (Å²) in [6, 6.07) is 14.5. The predicted octanol–water partition coefficient (Wildman–Crippen LogP) is 4.71. The third-order valence-electron chi connectivity index (χ3n) is 4.56. The molecule has 0 bridgehead atoms. The second-order valence-corrected chi connectivity index (χ2v) is 8.06. The second kappa shape index (κ2) is 10.2. The van der Waals surface area contributed by atoms with Gasteiger partial charge in [-0.3, -0.25) is 10.1 Å². The van der Waals surface area contributed by atoms with E-state index in [1.807, 2.05) is 38.1 Å². The maximum atomic E-state index is 10.5. The highest BCUT2D eigenvalue weighted by Crippen LogP contribution is 2.25.